The summed E-state index contributed by atoms with van der Waals surface area (Å²) in [5, 5.41) is 20.3. The van der Waals surface area contributed by atoms with E-state index in [0.717, 1.165) is 5.56 Å². The highest BCUT2D eigenvalue weighted by Gasteiger charge is 2.24. The number of hydrogen-bond acceptors (Lipinski definition) is 6. The van der Waals surface area contributed by atoms with E-state index in [0.29, 0.717) is 26.7 Å². The predicted octanol–water partition coefficient (Wildman–Crippen LogP) is 4.02. The summed E-state index contributed by atoms with van der Waals surface area (Å²) in [6.07, 6.45) is 1.47. The summed E-state index contributed by atoms with van der Waals surface area (Å²) in [6, 6.07) is 12.8. The lowest BCUT2D eigenvalue weighted by molar-refractivity contribution is 0.0687. The Kier molecular flexibility index (Phi) is 3.28. The summed E-state index contributed by atoms with van der Waals surface area (Å²) < 4.78 is 5.71. The molecule has 24 heavy (non-hydrogen) atoms. The molecule has 0 unspecified atom stereocenters. The molecule has 6 nitrogen and oxygen atoms in total. The van der Waals surface area contributed by atoms with Crippen molar-refractivity contribution in [3.63, 3.8) is 0 Å². The molecule has 4 rings (SSSR count). The summed E-state index contributed by atoms with van der Waals surface area (Å²) in [6.45, 7) is 0. The van der Waals surface area contributed by atoms with E-state index < -0.39 is 11.7 Å². The number of carboxylic acids is 1. The molecule has 0 radical (unpaired) electrons. The molecule has 0 bridgehead atoms. The number of hydrogen-bond donors (Lipinski definition) is 2. The second-order valence-electron chi connectivity index (χ2n) is 5.00. The number of fused-ring (bicyclic) bond motifs is 1. The third-order valence-corrected chi connectivity index (χ3v) is 4.60. The number of aromatic hydroxyl groups is 1. The van der Waals surface area contributed by atoms with Gasteiger partial charge in [0, 0.05) is 5.56 Å². The maximum Gasteiger partial charge on any atom is 0.358 e. The van der Waals surface area contributed by atoms with Crippen molar-refractivity contribution >= 4 is 27.5 Å². The molecule has 1 aromatic carbocycles. The summed E-state index contributed by atoms with van der Waals surface area (Å²) in [5.74, 6) is -1.29. The van der Waals surface area contributed by atoms with E-state index in [2.05, 4.69) is 9.97 Å². The summed E-state index contributed by atoms with van der Waals surface area (Å²) >= 11 is 1.21. The molecule has 0 aliphatic rings. The van der Waals surface area contributed by atoms with Gasteiger partial charge >= 0.3 is 5.97 Å². The van der Waals surface area contributed by atoms with E-state index in [1.54, 1.807) is 12.1 Å². The second kappa shape index (κ2) is 5.47. The number of benzene rings is 1. The van der Waals surface area contributed by atoms with Crippen LogP contribution in [-0.2, 0) is 0 Å². The normalized spacial score (nSPS) is 11.0. The maximum absolute atomic E-state index is 11.4. The van der Waals surface area contributed by atoms with E-state index in [1.807, 2.05) is 30.3 Å². The van der Waals surface area contributed by atoms with Crippen LogP contribution in [0.5, 0.6) is 5.75 Å². The molecule has 0 amide bonds. The molecule has 118 valence electrons. The molecule has 0 saturated heterocycles. The van der Waals surface area contributed by atoms with Crippen molar-refractivity contribution in [3.05, 3.63) is 54.4 Å². The van der Waals surface area contributed by atoms with Gasteiger partial charge in [0.2, 0.25) is 0 Å². The van der Waals surface area contributed by atoms with Crippen molar-refractivity contribution in [2.45, 2.75) is 0 Å². The summed E-state index contributed by atoms with van der Waals surface area (Å²) in [7, 11) is 0. The highest BCUT2D eigenvalue weighted by molar-refractivity contribution is 7.22. The predicted molar refractivity (Wildman–Crippen MR) is 89.2 cm³/mol. The van der Waals surface area contributed by atoms with Gasteiger partial charge in [-0.15, -0.1) is 11.3 Å². The highest BCUT2D eigenvalue weighted by atomic mass is 32.1. The molecule has 0 spiro atoms. The monoisotopic (exact) mass is 338 g/mol. The Labute approximate surface area is 139 Å². The van der Waals surface area contributed by atoms with Gasteiger partial charge in [0.25, 0.3) is 0 Å². The van der Waals surface area contributed by atoms with Crippen molar-refractivity contribution in [2.75, 3.05) is 0 Å². The van der Waals surface area contributed by atoms with Gasteiger partial charge in [0.05, 0.1) is 6.26 Å². The topological polar surface area (TPSA) is 96.5 Å². The second-order valence-corrected chi connectivity index (χ2v) is 6.00. The third-order valence-electron chi connectivity index (χ3n) is 3.49. The average Bonchev–Trinajstić information content (AvgIpc) is 3.26. The van der Waals surface area contributed by atoms with Crippen molar-refractivity contribution < 1.29 is 19.4 Å². The Morgan fingerprint density at radius 2 is 1.88 bits per heavy atom. The molecule has 0 fully saturated rings. The SMILES string of the molecule is O=C(O)c1nc(-c2ccco2)c2nc(-c3ccccc3)sc2c1O. The van der Waals surface area contributed by atoms with Crippen LogP contribution in [0.25, 0.3) is 32.2 Å². The first kappa shape index (κ1) is 14.4. The number of pyridine rings is 1. The number of thiazole rings is 1. The van der Waals surface area contributed by atoms with Crippen LogP contribution in [0.15, 0.2) is 53.1 Å². The fourth-order valence-electron chi connectivity index (χ4n) is 2.40. The van der Waals surface area contributed by atoms with Crippen LogP contribution in [0, 0.1) is 0 Å². The van der Waals surface area contributed by atoms with Crippen LogP contribution in [0.4, 0.5) is 0 Å². The first-order valence-corrected chi connectivity index (χ1v) is 7.83. The fourth-order valence-corrected chi connectivity index (χ4v) is 3.42. The van der Waals surface area contributed by atoms with Crippen LogP contribution in [0.1, 0.15) is 10.5 Å². The lowest BCUT2D eigenvalue weighted by atomic mass is 10.2. The zero-order valence-corrected chi connectivity index (χ0v) is 12.9. The number of carboxylic acid groups (broad SMARTS) is 1. The Bertz CT molecular complexity index is 1040. The molecule has 0 saturated carbocycles. The van der Waals surface area contributed by atoms with Gasteiger partial charge in [0.15, 0.2) is 17.2 Å². The summed E-state index contributed by atoms with van der Waals surface area (Å²) in [4.78, 5) is 20.0. The van der Waals surface area contributed by atoms with Gasteiger partial charge in [-0.1, -0.05) is 30.3 Å². The zero-order valence-electron chi connectivity index (χ0n) is 12.1. The van der Waals surface area contributed by atoms with Gasteiger partial charge in [0.1, 0.15) is 20.9 Å². The highest BCUT2D eigenvalue weighted by Crippen LogP contribution is 2.40. The van der Waals surface area contributed by atoms with E-state index in [9.17, 15) is 15.0 Å². The summed E-state index contributed by atoms with van der Waals surface area (Å²) in [5.41, 5.74) is 1.16. The Morgan fingerprint density at radius 3 is 2.54 bits per heavy atom. The molecule has 2 N–H and O–H groups in total. The third kappa shape index (κ3) is 2.22. The van der Waals surface area contributed by atoms with Gasteiger partial charge in [-0.05, 0) is 12.1 Å². The van der Waals surface area contributed by atoms with Crippen molar-refractivity contribution in [1.82, 2.24) is 9.97 Å². The van der Waals surface area contributed by atoms with Gasteiger partial charge < -0.3 is 14.6 Å². The number of nitrogens with zero attached hydrogens (tertiary/aromatic N) is 2. The van der Waals surface area contributed by atoms with Crippen LogP contribution >= 0.6 is 11.3 Å². The van der Waals surface area contributed by atoms with Crippen LogP contribution < -0.4 is 0 Å². The van der Waals surface area contributed by atoms with E-state index in [1.165, 1.54) is 17.6 Å². The molecule has 0 atom stereocenters. The largest absolute Gasteiger partial charge is 0.504 e. The fraction of sp³-hybridized carbons (Fsp3) is 0. The van der Waals surface area contributed by atoms with E-state index in [-0.39, 0.29) is 5.75 Å². The van der Waals surface area contributed by atoms with Crippen LogP contribution in [-0.4, -0.2) is 26.2 Å². The first-order valence-electron chi connectivity index (χ1n) is 7.01. The Hall–Kier alpha value is -3.19. The smallest absolute Gasteiger partial charge is 0.358 e. The van der Waals surface area contributed by atoms with Crippen LogP contribution in [0.2, 0.25) is 0 Å². The lowest BCUT2D eigenvalue weighted by Crippen LogP contribution is -2.02. The zero-order chi connectivity index (χ0) is 16.7. The molecule has 0 aliphatic carbocycles. The van der Waals surface area contributed by atoms with E-state index >= 15 is 0 Å². The number of aromatic nitrogens is 2. The lowest BCUT2D eigenvalue weighted by Gasteiger charge is -2.03. The minimum atomic E-state index is -1.31. The number of furan rings is 1. The molecule has 0 aliphatic heterocycles. The number of rotatable bonds is 3. The number of carbonyl (C=O) groups is 1. The minimum absolute atomic E-state index is 0.295. The molecule has 4 aromatic rings. The standard InChI is InChI=1S/C17H10N2O4S/c20-14-13(17(21)22)18-11(10-7-4-8-23-10)12-15(14)24-16(19-12)9-5-2-1-3-6-9/h1-8,20H,(H,21,22). The van der Waals surface area contributed by atoms with E-state index in [4.69, 9.17) is 4.42 Å². The first-order chi connectivity index (χ1) is 11.6. The molecule has 7 heteroatoms. The van der Waals surface area contributed by atoms with Crippen LogP contribution in [0.3, 0.4) is 0 Å². The number of aromatic carboxylic acids is 1. The van der Waals surface area contributed by atoms with Gasteiger partial charge in [-0.2, -0.15) is 0 Å². The quantitative estimate of drug-likeness (QED) is 0.585. The van der Waals surface area contributed by atoms with Gasteiger partial charge in [-0.3, -0.25) is 0 Å². The van der Waals surface area contributed by atoms with Crippen molar-refractivity contribution in [1.29, 1.82) is 0 Å². The van der Waals surface area contributed by atoms with Gasteiger partial charge in [-0.25, -0.2) is 14.8 Å². The molecule has 3 heterocycles. The minimum Gasteiger partial charge on any atom is -0.504 e. The Morgan fingerprint density at radius 1 is 1.08 bits per heavy atom. The molecule has 3 aromatic heterocycles. The van der Waals surface area contributed by atoms with Crippen molar-refractivity contribution in [3.8, 4) is 27.8 Å². The maximum atomic E-state index is 11.4. The molecular weight excluding hydrogens is 328 g/mol. The average molecular weight is 338 g/mol. The Balaban J connectivity index is 2.05. The van der Waals surface area contributed by atoms with Crippen molar-refractivity contribution in [2.24, 2.45) is 0 Å². The molecular formula is C17H10N2O4S.